The molecule has 1 atom stereocenters. The van der Waals surface area contributed by atoms with Crippen LogP contribution in [-0.2, 0) is 0 Å². The summed E-state index contributed by atoms with van der Waals surface area (Å²) in [6, 6.07) is 4.25. The molecule has 2 aromatic rings. The molecule has 2 aromatic heterocycles. The minimum atomic E-state index is 0.217. The smallest absolute Gasteiger partial charge is 0.221 e. The lowest BCUT2D eigenvalue weighted by Gasteiger charge is -2.14. The van der Waals surface area contributed by atoms with E-state index in [-0.39, 0.29) is 6.04 Å². The van der Waals surface area contributed by atoms with Gasteiger partial charge in [0, 0.05) is 16.0 Å². The van der Waals surface area contributed by atoms with Gasteiger partial charge in [0.25, 0.3) is 0 Å². The first kappa shape index (κ1) is 11.9. The van der Waals surface area contributed by atoms with Crippen molar-refractivity contribution in [3.63, 3.8) is 0 Å². The van der Waals surface area contributed by atoms with E-state index in [1.165, 1.54) is 15.3 Å². The molecule has 2 heterocycles. The maximum Gasteiger partial charge on any atom is 0.221 e. The van der Waals surface area contributed by atoms with Crippen molar-refractivity contribution in [2.45, 2.75) is 26.8 Å². The highest BCUT2D eigenvalue weighted by atomic mass is 32.1. The van der Waals surface area contributed by atoms with Crippen LogP contribution in [-0.4, -0.2) is 9.97 Å². The fraction of sp³-hybridized carbons (Fsp3) is 0.333. The average Bonchev–Trinajstić information content (AvgIpc) is 2.58. The van der Waals surface area contributed by atoms with Crippen LogP contribution >= 0.6 is 11.3 Å². The summed E-state index contributed by atoms with van der Waals surface area (Å²) in [4.78, 5) is 10.7. The number of nitrogens with one attached hydrogen (secondary N) is 1. The second-order valence-electron chi connectivity index (χ2n) is 4.03. The minimum absolute atomic E-state index is 0.217. The van der Waals surface area contributed by atoms with Crippen LogP contribution in [0, 0.1) is 13.8 Å². The molecule has 0 spiro atoms. The lowest BCUT2D eigenvalue weighted by atomic mass is 10.1. The molecule has 5 heteroatoms. The van der Waals surface area contributed by atoms with Gasteiger partial charge in [-0.3, -0.25) is 0 Å². The number of thiophene rings is 1. The number of hydrogen-bond donors (Lipinski definition) is 2. The highest BCUT2D eigenvalue weighted by Crippen LogP contribution is 2.28. The van der Waals surface area contributed by atoms with Gasteiger partial charge in [-0.25, -0.2) is 4.98 Å². The maximum absolute atomic E-state index is 5.55. The van der Waals surface area contributed by atoms with Crippen LogP contribution in [0.3, 0.4) is 0 Å². The normalized spacial score (nSPS) is 12.4. The Balaban J connectivity index is 2.16. The molecule has 4 nitrogen and oxygen atoms in total. The molecule has 90 valence electrons. The van der Waals surface area contributed by atoms with Crippen molar-refractivity contribution in [2.75, 3.05) is 11.1 Å². The first-order valence-corrected chi connectivity index (χ1v) is 6.30. The number of aromatic nitrogens is 2. The summed E-state index contributed by atoms with van der Waals surface area (Å²) in [6.45, 7) is 6.38. The number of aryl methyl sites for hydroxylation is 2. The summed E-state index contributed by atoms with van der Waals surface area (Å²) >= 11 is 1.81. The van der Waals surface area contributed by atoms with Gasteiger partial charge in [-0.15, -0.1) is 11.3 Å². The second kappa shape index (κ2) is 4.71. The Morgan fingerprint density at radius 3 is 2.76 bits per heavy atom. The van der Waals surface area contributed by atoms with Gasteiger partial charge in [-0.05, 0) is 38.5 Å². The minimum Gasteiger partial charge on any atom is -0.368 e. The zero-order valence-corrected chi connectivity index (χ0v) is 11.0. The van der Waals surface area contributed by atoms with E-state index in [0.29, 0.717) is 5.95 Å². The molecule has 0 aliphatic carbocycles. The summed E-state index contributed by atoms with van der Waals surface area (Å²) in [7, 11) is 0. The van der Waals surface area contributed by atoms with Crippen molar-refractivity contribution in [3.8, 4) is 0 Å². The molecule has 0 aliphatic heterocycles. The zero-order chi connectivity index (χ0) is 12.4. The first-order valence-electron chi connectivity index (χ1n) is 5.48. The quantitative estimate of drug-likeness (QED) is 0.876. The van der Waals surface area contributed by atoms with Gasteiger partial charge in [0.1, 0.15) is 5.82 Å². The summed E-state index contributed by atoms with van der Waals surface area (Å²) in [5.41, 5.74) is 6.86. The van der Waals surface area contributed by atoms with E-state index in [4.69, 9.17) is 5.73 Å². The molecule has 0 saturated carbocycles. The van der Waals surface area contributed by atoms with Gasteiger partial charge in [0.15, 0.2) is 0 Å². The molecule has 0 aliphatic rings. The zero-order valence-electron chi connectivity index (χ0n) is 10.2. The molecule has 0 radical (unpaired) electrons. The van der Waals surface area contributed by atoms with Crippen molar-refractivity contribution < 1.29 is 0 Å². The van der Waals surface area contributed by atoms with Crippen molar-refractivity contribution in [2.24, 2.45) is 0 Å². The molecular formula is C12H16N4S. The van der Waals surface area contributed by atoms with Crippen molar-refractivity contribution >= 4 is 23.1 Å². The third-order valence-corrected chi connectivity index (χ3v) is 3.57. The number of nitrogens with two attached hydrogens (primary N) is 1. The fourth-order valence-electron chi connectivity index (χ4n) is 1.83. The first-order chi connectivity index (χ1) is 8.06. The molecule has 0 fully saturated rings. The third kappa shape index (κ3) is 2.74. The lowest BCUT2D eigenvalue weighted by molar-refractivity contribution is 0.870. The van der Waals surface area contributed by atoms with Crippen LogP contribution in [0.4, 0.5) is 11.8 Å². The number of nitrogen functional groups attached to an aromatic ring is 1. The Bertz CT molecular complexity index is 521. The van der Waals surface area contributed by atoms with E-state index in [2.05, 4.69) is 42.1 Å². The second-order valence-corrected chi connectivity index (χ2v) is 5.50. The van der Waals surface area contributed by atoms with Crippen LogP contribution in [0.25, 0.3) is 0 Å². The highest BCUT2D eigenvalue weighted by Gasteiger charge is 2.11. The molecule has 0 saturated heterocycles. The third-order valence-electron chi connectivity index (χ3n) is 2.58. The summed E-state index contributed by atoms with van der Waals surface area (Å²) < 4.78 is 0. The maximum atomic E-state index is 5.55. The van der Waals surface area contributed by atoms with Gasteiger partial charge >= 0.3 is 0 Å². The van der Waals surface area contributed by atoms with E-state index < -0.39 is 0 Å². The molecule has 0 bridgehead atoms. The largest absolute Gasteiger partial charge is 0.368 e. The predicted molar refractivity (Wildman–Crippen MR) is 72.3 cm³/mol. The van der Waals surface area contributed by atoms with Gasteiger partial charge < -0.3 is 11.1 Å². The van der Waals surface area contributed by atoms with Gasteiger partial charge in [0.05, 0.1) is 6.04 Å². The number of nitrogens with zero attached hydrogens (tertiary/aromatic N) is 2. The van der Waals surface area contributed by atoms with Gasteiger partial charge in [-0.2, -0.15) is 4.98 Å². The summed E-state index contributed by atoms with van der Waals surface area (Å²) in [5.74, 6) is 1.05. The number of hydrogen-bond acceptors (Lipinski definition) is 5. The van der Waals surface area contributed by atoms with Crippen LogP contribution in [0.1, 0.15) is 28.3 Å². The number of anilines is 2. The van der Waals surface area contributed by atoms with E-state index in [1.54, 1.807) is 6.20 Å². The topological polar surface area (TPSA) is 63.8 Å². The molecule has 2 rings (SSSR count). The van der Waals surface area contributed by atoms with E-state index >= 15 is 0 Å². The average molecular weight is 248 g/mol. The molecular weight excluding hydrogens is 232 g/mol. The molecule has 3 N–H and O–H groups in total. The van der Waals surface area contributed by atoms with Crippen LogP contribution in [0.2, 0.25) is 0 Å². The molecule has 17 heavy (non-hydrogen) atoms. The Morgan fingerprint density at radius 2 is 2.18 bits per heavy atom. The Kier molecular flexibility index (Phi) is 3.28. The van der Waals surface area contributed by atoms with Gasteiger partial charge in [-0.1, -0.05) is 0 Å². The predicted octanol–water partition coefficient (Wildman–Crippen LogP) is 2.91. The summed E-state index contributed by atoms with van der Waals surface area (Å²) in [5, 5.41) is 3.33. The van der Waals surface area contributed by atoms with E-state index in [9.17, 15) is 0 Å². The van der Waals surface area contributed by atoms with Crippen LogP contribution < -0.4 is 11.1 Å². The van der Waals surface area contributed by atoms with E-state index in [0.717, 1.165) is 5.82 Å². The van der Waals surface area contributed by atoms with E-state index in [1.807, 2.05) is 17.4 Å². The SMILES string of the molecule is Cc1cc(C(C)Nc2ccnc(N)n2)c(C)s1. The van der Waals surface area contributed by atoms with Crippen molar-refractivity contribution in [3.05, 3.63) is 33.6 Å². The Morgan fingerprint density at radius 1 is 1.41 bits per heavy atom. The monoisotopic (exact) mass is 248 g/mol. The van der Waals surface area contributed by atoms with Crippen LogP contribution in [0.15, 0.2) is 18.3 Å². The van der Waals surface area contributed by atoms with Gasteiger partial charge in [0.2, 0.25) is 5.95 Å². The standard InChI is InChI=1S/C12H16N4S/c1-7-6-10(9(3)17-7)8(2)15-11-4-5-14-12(13)16-11/h4-6,8H,1-3H3,(H3,13,14,15,16). The molecule has 0 amide bonds. The lowest BCUT2D eigenvalue weighted by Crippen LogP contribution is -2.09. The van der Waals surface area contributed by atoms with Crippen molar-refractivity contribution in [1.29, 1.82) is 0 Å². The highest BCUT2D eigenvalue weighted by molar-refractivity contribution is 7.12. The van der Waals surface area contributed by atoms with Crippen LogP contribution in [0.5, 0.6) is 0 Å². The van der Waals surface area contributed by atoms with Crippen molar-refractivity contribution in [1.82, 2.24) is 9.97 Å². The summed E-state index contributed by atoms with van der Waals surface area (Å²) in [6.07, 6.45) is 1.66. The Labute approximate surface area is 105 Å². The Hall–Kier alpha value is -1.62. The number of rotatable bonds is 3. The molecule has 1 unspecified atom stereocenters. The molecule has 0 aromatic carbocycles. The fourth-order valence-corrected chi connectivity index (χ4v) is 2.86.